The number of hydrogen-bond donors (Lipinski definition) is 1. The monoisotopic (exact) mass is 233 g/mol. The third kappa shape index (κ3) is 2.14. The Morgan fingerprint density at radius 1 is 1.35 bits per heavy atom. The number of pyridine rings is 1. The Morgan fingerprint density at radius 2 is 2.12 bits per heavy atom. The molecule has 2 rings (SSSR count). The number of aryl methyl sites for hydroxylation is 1. The number of rotatable bonds is 3. The molecular weight excluding hydrogens is 218 g/mol. The number of methoxy groups -OCH3 is 1. The highest BCUT2D eigenvalue weighted by Crippen LogP contribution is 2.25. The first-order chi connectivity index (χ1) is 8.13. The first-order valence-electron chi connectivity index (χ1n) is 5.29. The smallest absolute Gasteiger partial charge is 0.137 e. The Morgan fingerprint density at radius 3 is 2.71 bits per heavy atom. The van der Waals surface area contributed by atoms with Crippen LogP contribution in [0.2, 0.25) is 0 Å². The molecule has 0 aliphatic carbocycles. The van der Waals surface area contributed by atoms with E-state index in [1.807, 2.05) is 14.0 Å². The van der Waals surface area contributed by atoms with E-state index in [1.54, 1.807) is 36.4 Å². The highest BCUT2D eigenvalue weighted by molar-refractivity contribution is 5.33. The van der Waals surface area contributed by atoms with Crippen LogP contribution < -0.4 is 4.74 Å². The lowest BCUT2D eigenvalue weighted by Crippen LogP contribution is -2.03. The van der Waals surface area contributed by atoms with Crippen molar-refractivity contribution in [2.75, 3.05) is 7.11 Å². The van der Waals surface area contributed by atoms with Crippen molar-refractivity contribution in [1.29, 1.82) is 0 Å². The van der Waals surface area contributed by atoms with Crippen LogP contribution in [0.5, 0.6) is 5.75 Å². The first kappa shape index (κ1) is 11.6. The predicted molar refractivity (Wildman–Crippen MR) is 62.8 cm³/mol. The van der Waals surface area contributed by atoms with Crippen molar-refractivity contribution in [2.45, 2.75) is 13.0 Å². The van der Waals surface area contributed by atoms with E-state index in [0.29, 0.717) is 11.3 Å². The molecule has 0 fully saturated rings. The van der Waals surface area contributed by atoms with Crippen LogP contribution in [0.3, 0.4) is 0 Å². The van der Waals surface area contributed by atoms with Crippen molar-refractivity contribution in [3.63, 3.8) is 0 Å². The summed E-state index contributed by atoms with van der Waals surface area (Å²) in [5.74, 6) is 0.628. The molecule has 2 aromatic rings. The Hall–Kier alpha value is -1.88. The maximum atomic E-state index is 10.3. The Kier molecular flexibility index (Phi) is 3.10. The van der Waals surface area contributed by atoms with Gasteiger partial charge in [-0.2, -0.15) is 5.10 Å². The van der Waals surface area contributed by atoms with Gasteiger partial charge < -0.3 is 9.84 Å². The van der Waals surface area contributed by atoms with Gasteiger partial charge in [-0.1, -0.05) is 0 Å². The number of ether oxygens (including phenoxy) is 1. The van der Waals surface area contributed by atoms with Crippen molar-refractivity contribution in [3.8, 4) is 5.75 Å². The van der Waals surface area contributed by atoms with E-state index in [1.165, 1.54) is 0 Å². The minimum absolute atomic E-state index is 0.628. The van der Waals surface area contributed by atoms with Crippen molar-refractivity contribution < 1.29 is 9.84 Å². The van der Waals surface area contributed by atoms with Crippen LogP contribution in [0.15, 0.2) is 24.7 Å². The molecule has 0 saturated heterocycles. The van der Waals surface area contributed by atoms with Gasteiger partial charge in [-0.05, 0) is 13.0 Å². The summed E-state index contributed by atoms with van der Waals surface area (Å²) in [7, 11) is 3.41. The van der Waals surface area contributed by atoms with Crippen LogP contribution in [-0.2, 0) is 7.05 Å². The van der Waals surface area contributed by atoms with Gasteiger partial charge in [0.05, 0.1) is 19.5 Å². The molecule has 0 spiro atoms. The van der Waals surface area contributed by atoms with Gasteiger partial charge in [0.25, 0.3) is 0 Å². The van der Waals surface area contributed by atoms with E-state index in [4.69, 9.17) is 4.74 Å². The van der Waals surface area contributed by atoms with Gasteiger partial charge in [0.1, 0.15) is 11.9 Å². The molecule has 0 aliphatic heterocycles. The summed E-state index contributed by atoms with van der Waals surface area (Å²) in [6, 6.07) is 1.77. The van der Waals surface area contributed by atoms with Gasteiger partial charge in [0.2, 0.25) is 0 Å². The zero-order valence-corrected chi connectivity index (χ0v) is 10.1. The molecule has 5 heteroatoms. The van der Waals surface area contributed by atoms with E-state index in [0.717, 1.165) is 11.3 Å². The van der Waals surface area contributed by atoms with Crippen molar-refractivity contribution in [1.82, 2.24) is 14.8 Å². The second-order valence-electron chi connectivity index (χ2n) is 3.87. The predicted octanol–water partition coefficient (Wildman–Crippen LogP) is 1.21. The molecule has 1 atom stereocenters. The van der Waals surface area contributed by atoms with Gasteiger partial charge in [-0.25, -0.2) is 0 Å². The topological polar surface area (TPSA) is 60.2 Å². The molecule has 0 bridgehead atoms. The second-order valence-corrected chi connectivity index (χ2v) is 3.87. The van der Waals surface area contributed by atoms with Gasteiger partial charge in [0, 0.05) is 30.1 Å². The molecule has 2 heterocycles. The minimum atomic E-state index is -0.730. The zero-order chi connectivity index (χ0) is 12.4. The van der Waals surface area contributed by atoms with Crippen LogP contribution in [0, 0.1) is 6.92 Å². The van der Waals surface area contributed by atoms with Gasteiger partial charge in [0.15, 0.2) is 0 Å². The highest BCUT2D eigenvalue weighted by atomic mass is 16.5. The molecule has 17 heavy (non-hydrogen) atoms. The van der Waals surface area contributed by atoms with E-state index in [9.17, 15) is 5.11 Å². The molecule has 2 aromatic heterocycles. The molecule has 1 N–H and O–H groups in total. The van der Waals surface area contributed by atoms with E-state index >= 15 is 0 Å². The fraction of sp³-hybridized carbons (Fsp3) is 0.333. The third-order valence-electron chi connectivity index (χ3n) is 2.85. The van der Waals surface area contributed by atoms with Crippen LogP contribution >= 0.6 is 0 Å². The number of nitrogens with zero attached hydrogens (tertiary/aromatic N) is 3. The van der Waals surface area contributed by atoms with Crippen molar-refractivity contribution in [3.05, 3.63) is 41.5 Å². The summed E-state index contributed by atoms with van der Waals surface area (Å²) in [6.07, 6.45) is 4.16. The van der Waals surface area contributed by atoms with Crippen LogP contribution in [-0.4, -0.2) is 27.0 Å². The molecule has 0 aromatic carbocycles. The molecule has 0 radical (unpaired) electrons. The van der Waals surface area contributed by atoms with E-state index in [-0.39, 0.29) is 0 Å². The van der Waals surface area contributed by atoms with Gasteiger partial charge >= 0.3 is 0 Å². The second kappa shape index (κ2) is 4.55. The zero-order valence-electron chi connectivity index (χ0n) is 10.1. The molecule has 5 nitrogen and oxygen atoms in total. The Labute approximate surface area is 99.7 Å². The van der Waals surface area contributed by atoms with Crippen LogP contribution in [0.4, 0.5) is 0 Å². The average Bonchev–Trinajstić information content (AvgIpc) is 2.69. The van der Waals surface area contributed by atoms with Crippen LogP contribution in [0.25, 0.3) is 0 Å². The average molecular weight is 233 g/mol. The number of hydrogen-bond acceptors (Lipinski definition) is 4. The molecular formula is C12H15N3O2. The summed E-state index contributed by atoms with van der Waals surface area (Å²) in [4.78, 5) is 4.03. The summed E-state index contributed by atoms with van der Waals surface area (Å²) >= 11 is 0. The quantitative estimate of drug-likeness (QED) is 0.865. The SMILES string of the molecule is COc1cncc(C(O)c2cnn(C)c2C)c1. The Bertz CT molecular complexity index is 522. The summed E-state index contributed by atoms with van der Waals surface area (Å²) < 4.78 is 6.81. The fourth-order valence-corrected chi connectivity index (χ4v) is 1.66. The molecule has 0 amide bonds. The number of aliphatic hydroxyl groups is 1. The number of aromatic nitrogens is 3. The Balaban J connectivity index is 2.36. The van der Waals surface area contributed by atoms with E-state index in [2.05, 4.69) is 10.1 Å². The minimum Gasteiger partial charge on any atom is -0.495 e. The normalized spacial score (nSPS) is 12.5. The summed E-state index contributed by atoms with van der Waals surface area (Å²) in [5, 5.41) is 14.4. The maximum Gasteiger partial charge on any atom is 0.137 e. The third-order valence-corrected chi connectivity index (χ3v) is 2.85. The van der Waals surface area contributed by atoms with Gasteiger partial charge in [-0.15, -0.1) is 0 Å². The van der Waals surface area contributed by atoms with Gasteiger partial charge in [-0.3, -0.25) is 9.67 Å². The van der Waals surface area contributed by atoms with Crippen LogP contribution in [0.1, 0.15) is 22.9 Å². The maximum absolute atomic E-state index is 10.3. The lowest BCUT2D eigenvalue weighted by atomic mass is 10.0. The highest BCUT2D eigenvalue weighted by Gasteiger charge is 2.16. The fourth-order valence-electron chi connectivity index (χ4n) is 1.66. The van der Waals surface area contributed by atoms with E-state index < -0.39 is 6.10 Å². The molecule has 1 unspecified atom stereocenters. The molecule has 90 valence electrons. The first-order valence-corrected chi connectivity index (χ1v) is 5.29. The summed E-state index contributed by atoms with van der Waals surface area (Å²) in [5.41, 5.74) is 2.41. The largest absolute Gasteiger partial charge is 0.495 e. The number of aliphatic hydroxyl groups excluding tert-OH is 1. The lowest BCUT2D eigenvalue weighted by Gasteiger charge is -2.11. The van der Waals surface area contributed by atoms with Crippen molar-refractivity contribution >= 4 is 0 Å². The summed E-state index contributed by atoms with van der Waals surface area (Å²) in [6.45, 7) is 1.92. The van der Waals surface area contributed by atoms with Crippen molar-refractivity contribution in [2.24, 2.45) is 7.05 Å². The molecule has 0 aliphatic rings. The molecule has 0 saturated carbocycles. The standard InChI is InChI=1S/C12H15N3O2/c1-8-11(7-14-15(8)2)12(16)9-4-10(17-3)6-13-5-9/h4-7,12,16H,1-3H3. The lowest BCUT2D eigenvalue weighted by molar-refractivity contribution is 0.218.